The van der Waals surface area contributed by atoms with Gasteiger partial charge in [-0.2, -0.15) is 0 Å². The number of unbranched alkanes of at least 4 members (excludes halogenated alkanes) is 1. The van der Waals surface area contributed by atoms with Crippen LogP contribution in [0.4, 0.5) is 5.69 Å². The Morgan fingerprint density at radius 3 is 2.16 bits per heavy atom. The summed E-state index contributed by atoms with van der Waals surface area (Å²) in [6.45, 7) is 6.76. The maximum Gasteiger partial charge on any atom is 0.119 e. The molecule has 2 rings (SSSR count). The average Bonchev–Trinajstić information content (AvgIpc) is 2.82. The molecule has 2 heteroatoms. The van der Waals surface area contributed by atoms with E-state index >= 15 is 0 Å². The van der Waals surface area contributed by atoms with Crippen LogP contribution >= 0.6 is 0 Å². The molecule has 0 amide bonds. The van der Waals surface area contributed by atoms with Crippen molar-refractivity contribution in [3.8, 4) is 5.75 Å². The van der Waals surface area contributed by atoms with Crippen LogP contribution in [-0.4, -0.2) is 7.11 Å². The van der Waals surface area contributed by atoms with Gasteiger partial charge in [0.05, 0.1) is 13.2 Å². The largest absolute Gasteiger partial charge is 0.497 e. The molecule has 0 saturated carbocycles. The summed E-state index contributed by atoms with van der Waals surface area (Å²) in [6.07, 6.45) is 15.8. The number of anilines is 1. The van der Waals surface area contributed by atoms with E-state index in [0.717, 1.165) is 50.0 Å². The van der Waals surface area contributed by atoms with Crippen molar-refractivity contribution in [2.45, 2.75) is 65.3 Å². The summed E-state index contributed by atoms with van der Waals surface area (Å²) in [5.74, 6) is 0.876. The number of ether oxygens (including phenoxy) is 1. The van der Waals surface area contributed by atoms with Crippen molar-refractivity contribution in [3.05, 3.63) is 95.6 Å². The molecule has 0 aliphatic heterocycles. The van der Waals surface area contributed by atoms with E-state index in [-0.39, 0.29) is 6.04 Å². The van der Waals surface area contributed by atoms with Crippen LogP contribution in [0.1, 0.15) is 70.9 Å². The summed E-state index contributed by atoms with van der Waals surface area (Å²) in [5.41, 5.74) is 5.54. The molecule has 0 saturated heterocycles. The zero-order chi connectivity index (χ0) is 22.3. The summed E-state index contributed by atoms with van der Waals surface area (Å²) < 4.78 is 5.27. The highest BCUT2D eigenvalue weighted by molar-refractivity contribution is 5.48. The van der Waals surface area contributed by atoms with Crippen LogP contribution in [-0.2, 0) is 0 Å². The van der Waals surface area contributed by atoms with E-state index in [2.05, 4.69) is 92.9 Å². The van der Waals surface area contributed by atoms with Gasteiger partial charge in [-0.05, 0) is 75.3 Å². The number of hydrogen-bond donors (Lipinski definition) is 1. The average molecular weight is 418 g/mol. The molecule has 2 aromatic rings. The van der Waals surface area contributed by atoms with Gasteiger partial charge >= 0.3 is 0 Å². The number of methoxy groups -OCH3 is 1. The SMILES string of the molecule is CC/C(C)=C(\CC)C/C=C/CC/C=C/CC(Nc1ccc(OC)cc1)c1ccccc1. The molecule has 0 spiro atoms. The monoisotopic (exact) mass is 417 g/mol. The van der Waals surface area contributed by atoms with Gasteiger partial charge in [0.2, 0.25) is 0 Å². The van der Waals surface area contributed by atoms with E-state index in [4.69, 9.17) is 4.74 Å². The fourth-order valence-electron chi connectivity index (χ4n) is 3.61. The van der Waals surface area contributed by atoms with E-state index < -0.39 is 0 Å². The number of nitrogens with one attached hydrogen (secondary N) is 1. The van der Waals surface area contributed by atoms with Crippen LogP contribution in [0.25, 0.3) is 0 Å². The first-order valence-electron chi connectivity index (χ1n) is 11.6. The third-order valence-corrected chi connectivity index (χ3v) is 5.76. The van der Waals surface area contributed by atoms with E-state index in [9.17, 15) is 0 Å². The quantitative estimate of drug-likeness (QED) is 0.260. The van der Waals surface area contributed by atoms with Gasteiger partial charge < -0.3 is 10.1 Å². The Bertz CT molecular complexity index is 831. The second kappa shape index (κ2) is 14.3. The van der Waals surface area contributed by atoms with Crippen molar-refractivity contribution < 1.29 is 4.74 Å². The molecule has 1 unspecified atom stereocenters. The van der Waals surface area contributed by atoms with Crippen LogP contribution in [0.3, 0.4) is 0 Å². The van der Waals surface area contributed by atoms with Crippen LogP contribution < -0.4 is 10.1 Å². The molecule has 2 aromatic carbocycles. The fraction of sp³-hybridized carbons (Fsp3) is 0.379. The van der Waals surface area contributed by atoms with Crippen LogP contribution in [0, 0.1) is 0 Å². The second-order valence-corrected chi connectivity index (χ2v) is 7.89. The lowest BCUT2D eigenvalue weighted by molar-refractivity contribution is 0.415. The number of rotatable bonds is 13. The first-order chi connectivity index (χ1) is 15.2. The molecule has 0 aliphatic rings. The Labute approximate surface area is 189 Å². The lowest BCUT2D eigenvalue weighted by atomic mass is 10.0. The van der Waals surface area contributed by atoms with Gasteiger partial charge in [0.1, 0.15) is 5.75 Å². The van der Waals surface area contributed by atoms with E-state index in [1.54, 1.807) is 18.3 Å². The Kier molecular flexibility index (Phi) is 11.3. The molecule has 0 heterocycles. The molecule has 31 heavy (non-hydrogen) atoms. The molecular formula is C29H39NO. The molecule has 1 N–H and O–H groups in total. The number of allylic oxidation sites excluding steroid dienone is 5. The Hall–Kier alpha value is -2.74. The van der Waals surface area contributed by atoms with Crippen LogP contribution in [0.15, 0.2) is 90.0 Å². The summed E-state index contributed by atoms with van der Waals surface area (Å²) in [6, 6.07) is 19.0. The molecule has 0 aromatic heterocycles. The molecule has 0 fully saturated rings. The second-order valence-electron chi connectivity index (χ2n) is 7.89. The molecule has 166 valence electrons. The predicted octanol–water partition coefficient (Wildman–Crippen LogP) is 8.66. The first-order valence-corrected chi connectivity index (χ1v) is 11.6. The van der Waals surface area contributed by atoms with E-state index in [1.807, 2.05) is 12.1 Å². The van der Waals surface area contributed by atoms with Crippen molar-refractivity contribution in [2.75, 3.05) is 12.4 Å². The van der Waals surface area contributed by atoms with Gasteiger partial charge in [0.15, 0.2) is 0 Å². The fourth-order valence-corrected chi connectivity index (χ4v) is 3.61. The standard InChI is InChI=1S/C29H39NO/c1-5-24(3)25(6-2)16-12-9-7-8-10-15-19-29(26-17-13-11-14-18-26)30-27-20-22-28(31-4)23-21-27/h9-15,17-18,20-23,29-30H,5-8,16,19H2,1-4H3/b12-9+,15-10+,25-24+. The van der Waals surface area contributed by atoms with Gasteiger partial charge in [-0.3, -0.25) is 0 Å². The third kappa shape index (κ3) is 8.88. The Morgan fingerprint density at radius 1 is 0.871 bits per heavy atom. The van der Waals surface area contributed by atoms with Crippen LogP contribution in [0.2, 0.25) is 0 Å². The van der Waals surface area contributed by atoms with Gasteiger partial charge in [0.25, 0.3) is 0 Å². The van der Waals surface area contributed by atoms with Crippen molar-refractivity contribution in [1.29, 1.82) is 0 Å². The smallest absolute Gasteiger partial charge is 0.119 e. The van der Waals surface area contributed by atoms with Gasteiger partial charge in [-0.15, -0.1) is 0 Å². The zero-order valence-electron chi connectivity index (χ0n) is 19.7. The lowest BCUT2D eigenvalue weighted by Gasteiger charge is -2.19. The van der Waals surface area contributed by atoms with Crippen molar-refractivity contribution in [1.82, 2.24) is 0 Å². The minimum atomic E-state index is 0.246. The molecule has 1 atom stereocenters. The maximum absolute atomic E-state index is 5.27. The predicted molar refractivity (Wildman–Crippen MR) is 136 cm³/mol. The van der Waals surface area contributed by atoms with Gasteiger partial charge in [-0.25, -0.2) is 0 Å². The summed E-state index contributed by atoms with van der Waals surface area (Å²) >= 11 is 0. The van der Waals surface area contributed by atoms with Gasteiger partial charge in [0, 0.05) is 5.69 Å². The molecule has 0 aliphatic carbocycles. The maximum atomic E-state index is 5.27. The highest BCUT2D eigenvalue weighted by atomic mass is 16.5. The highest BCUT2D eigenvalue weighted by Crippen LogP contribution is 2.25. The van der Waals surface area contributed by atoms with Gasteiger partial charge in [-0.1, -0.05) is 79.6 Å². The summed E-state index contributed by atoms with van der Waals surface area (Å²) in [7, 11) is 1.70. The molecule has 0 radical (unpaired) electrons. The minimum Gasteiger partial charge on any atom is -0.497 e. The summed E-state index contributed by atoms with van der Waals surface area (Å²) in [5, 5.41) is 3.67. The molecule has 0 bridgehead atoms. The lowest BCUT2D eigenvalue weighted by Crippen LogP contribution is -2.09. The topological polar surface area (TPSA) is 21.3 Å². The number of benzene rings is 2. The third-order valence-electron chi connectivity index (χ3n) is 5.76. The Balaban J connectivity index is 1.87. The highest BCUT2D eigenvalue weighted by Gasteiger charge is 2.09. The molecular weight excluding hydrogens is 378 g/mol. The zero-order valence-corrected chi connectivity index (χ0v) is 19.7. The van der Waals surface area contributed by atoms with Crippen LogP contribution in [0.5, 0.6) is 5.75 Å². The summed E-state index contributed by atoms with van der Waals surface area (Å²) in [4.78, 5) is 0. The van der Waals surface area contributed by atoms with E-state index in [1.165, 1.54) is 5.56 Å². The Morgan fingerprint density at radius 2 is 1.55 bits per heavy atom. The van der Waals surface area contributed by atoms with E-state index in [0.29, 0.717) is 0 Å². The van der Waals surface area contributed by atoms with Crippen molar-refractivity contribution in [3.63, 3.8) is 0 Å². The van der Waals surface area contributed by atoms with Crippen molar-refractivity contribution in [2.24, 2.45) is 0 Å². The normalized spacial score (nSPS) is 13.4. The first kappa shape index (κ1) is 24.5. The minimum absolute atomic E-state index is 0.246. The van der Waals surface area contributed by atoms with Crippen molar-refractivity contribution >= 4 is 5.69 Å². The molecule has 2 nitrogen and oxygen atoms in total. The number of hydrogen-bond acceptors (Lipinski definition) is 2.